The number of carboxylic acid groups (broad SMARTS) is 1. The van der Waals surface area contributed by atoms with Crippen LogP contribution in [0.15, 0.2) is 35.0 Å². The number of hydrogen-bond donors (Lipinski definition) is 2. The van der Waals surface area contributed by atoms with Crippen LogP contribution >= 0.6 is 0 Å². The predicted molar refractivity (Wildman–Crippen MR) is 109 cm³/mol. The highest BCUT2D eigenvalue weighted by Gasteiger charge is 2.54. The van der Waals surface area contributed by atoms with E-state index in [-0.39, 0.29) is 17.9 Å². The van der Waals surface area contributed by atoms with Gasteiger partial charge in [0.1, 0.15) is 11.4 Å². The fraction of sp³-hybridized carbons (Fsp3) is 0.545. The number of carboxylic acids is 1. The van der Waals surface area contributed by atoms with Gasteiger partial charge in [0.15, 0.2) is 0 Å². The number of methoxy groups -OCH3 is 2. The summed E-state index contributed by atoms with van der Waals surface area (Å²) in [5.41, 5.74) is 1.31. The van der Waals surface area contributed by atoms with Crippen molar-refractivity contribution in [1.29, 1.82) is 0 Å². The van der Waals surface area contributed by atoms with Gasteiger partial charge >= 0.3 is 5.97 Å². The summed E-state index contributed by atoms with van der Waals surface area (Å²) in [6.45, 7) is 3.61. The first-order valence-corrected chi connectivity index (χ1v) is 10.1. The molecule has 1 aromatic carbocycles. The molecule has 0 aliphatic carbocycles. The number of piperidine rings is 2. The number of aliphatic imine (C=N–C) groups is 1. The molecule has 2 saturated heterocycles. The summed E-state index contributed by atoms with van der Waals surface area (Å²) in [6.07, 6.45) is 3.38. The van der Waals surface area contributed by atoms with Crippen molar-refractivity contribution in [2.45, 2.75) is 37.8 Å². The SMILES string of the molecule is CC[C@@H]1CN2CC[C@@]3(O)C(=Nc4cccc(OC)c43)[C@@H]2C[C@@H]1/C(=C/OC)C(=O)O. The van der Waals surface area contributed by atoms with Crippen LogP contribution in [0.1, 0.15) is 31.7 Å². The lowest BCUT2D eigenvalue weighted by atomic mass is 9.70. The summed E-state index contributed by atoms with van der Waals surface area (Å²) in [5, 5.41) is 21.4. The lowest BCUT2D eigenvalue weighted by Crippen LogP contribution is -2.60. The van der Waals surface area contributed by atoms with Crippen LogP contribution < -0.4 is 4.74 Å². The summed E-state index contributed by atoms with van der Waals surface area (Å²) in [7, 11) is 3.08. The average molecular weight is 400 g/mol. The Morgan fingerprint density at radius 2 is 2.21 bits per heavy atom. The van der Waals surface area contributed by atoms with Gasteiger partial charge in [-0.1, -0.05) is 19.4 Å². The Balaban J connectivity index is 1.73. The van der Waals surface area contributed by atoms with Crippen LogP contribution in [0.2, 0.25) is 0 Å². The van der Waals surface area contributed by atoms with Crippen molar-refractivity contribution in [3.05, 3.63) is 35.6 Å². The fourth-order valence-electron chi connectivity index (χ4n) is 5.34. The number of benzene rings is 1. The van der Waals surface area contributed by atoms with Crippen LogP contribution in [-0.2, 0) is 15.1 Å². The smallest absolute Gasteiger partial charge is 0.334 e. The van der Waals surface area contributed by atoms with Crippen LogP contribution in [-0.4, -0.2) is 60.1 Å². The van der Waals surface area contributed by atoms with E-state index in [1.165, 1.54) is 13.4 Å². The Labute approximate surface area is 170 Å². The number of hydrogen-bond acceptors (Lipinski definition) is 6. The van der Waals surface area contributed by atoms with Crippen LogP contribution in [0.4, 0.5) is 5.69 Å². The van der Waals surface area contributed by atoms with Gasteiger partial charge in [-0.25, -0.2) is 4.79 Å². The minimum atomic E-state index is -1.17. The molecule has 7 nitrogen and oxygen atoms in total. The lowest BCUT2D eigenvalue weighted by molar-refractivity contribution is -0.134. The highest BCUT2D eigenvalue weighted by atomic mass is 16.5. The van der Waals surface area contributed by atoms with Crippen molar-refractivity contribution in [3.63, 3.8) is 0 Å². The molecule has 156 valence electrons. The van der Waals surface area contributed by atoms with Gasteiger partial charge in [0.05, 0.1) is 49.1 Å². The zero-order valence-electron chi connectivity index (χ0n) is 17.1. The summed E-state index contributed by atoms with van der Waals surface area (Å²) < 4.78 is 10.6. The molecule has 0 spiro atoms. The molecule has 0 aromatic heterocycles. The Bertz CT molecular complexity index is 880. The molecule has 3 heterocycles. The van der Waals surface area contributed by atoms with Gasteiger partial charge in [0.2, 0.25) is 0 Å². The maximum atomic E-state index is 11.9. The van der Waals surface area contributed by atoms with Gasteiger partial charge in [-0.3, -0.25) is 9.89 Å². The monoisotopic (exact) mass is 400 g/mol. The van der Waals surface area contributed by atoms with Crippen molar-refractivity contribution in [2.24, 2.45) is 16.8 Å². The molecule has 1 aromatic rings. The molecule has 2 fully saturated rings. The second kappa shape index (κ2) is 7.46. The third kappa shape index (κ3) is 3.04. The highest BCUT2D eigenvalue weighted by molar-refractivity contribution is 6.05. The number of nitrogens with zero attached hydrogens (tertiary/aromatic N) is 2. The van der Waals surface area contributed by atoms with Gasteiger partial charge in [-0.15, -0.1) is 0 Å². The predicted octanol–water partition coefficient (Wildman–Crippen LogP) is 2.70. The number of rotatable bonds is 5. The topological polar surface area (TPSA) is 91.6 Å². The molecule has 2 N–H and O–H groups in total. The molecule has 0 radical (unpaired) electrons. The summed E-state index contributed by atoms with van der Waals surface area (Å²) in [5.74, 6) is -0.252. The normalized spacial score (nSPS) is 31.4. The second-order valence-electron chi connectivity index (χ2n) is 8.10. The highest BCUT2D eigenvalue weighted by Crippen LogP contribution is 2.51. The average Bonchev–Trinajstić information content (AvgIpc) is 3.04. The molecule has 4 atom stereocenters. The fourth-order valence-corrected chi connectivity index (χ4v) is 5.34. The largest absolute Gasteiger partial charge is 0.504 e. The van der Waals surface area contributed by atoms with Crippen molar-refractivity contribution in [3.8, 4) is 5.75 Å². The zero-order valence-corrected chi connectivity index (χ0v) is 17.1. The Kier molecular flexibility index (Phi) is 5.12. The van der Waals surface area contributed by atoms with Gasteiger partial charge in [0.25, 0.3) is 0 Å². The molecule has 29 heavy (non-hydrogen) atoms. The van der Waals surface area contributed by atoms with E-state index in [4.69, 9.17) is 14.5 Å². The van der Waals surface area contributed by atoms with Crippen molar-refractivity contribution in [1.82, 2.24) is 4.90 Å². The molecule has 0 amide bonds. The van der Waals surface area contributed by atoms with E-state index in [0.717, 1.165) is 30.8 Å². The maximum absolute atomic E-state index is 11.9. The molecule has 0 unspecified atom stereocenters. The second-order valence-corrected chi connectivity index (χ2v) is 8.10. The third-order valence-electron chi connectivity index (χ3n) is 6.75. The first-order valence-electron chi connectivity index (χ1n) is 10.1. The maximum Gasteiger partial charge on any atom is 0.334 e. The third-order valence-corrected chi connectivity index (χ3v) is 6.75. The number of ether oxygens (including phenoxy) is 2. The summed E-state index contributed by atoms with van der Waals surface area (Å²) in [4.78, 5) is 19.1. The van der Waals surface area contributed by atoms with E-state index in [1.54, 1.807) is 7.11 Å². The molecular formula is C22H28N2O5. The van der Waals surface area contributed by atoms with E-state index < -0.39 is 11.6 Å². The van der Waals surface area contributed by atoms with E-state index in [1.807, 2.05) is 18.2 Å². The zero-order chi connectivity index (χ0) is 20.8. The van der Waals surface area contributed by atoms with Gasteiger partial charge in [-0.05, 0) is 36.8 Å². The van der Waals surface area contributed by atoms with Crippen molar-refractivity contribution in [2.75, 3.05) is 27.3 Å². The van der Waals surface area contributed by atoms with E-state index >= 15 is 0 Å². The molecule has 7 heteroatoms. The molecule has 0 bridgehead atoms. The summed E-state index contributed by atoms with van der Waals surface area (Å²) >= 11 is 0. The van der Waals surface area contributed by atoms with Crippen LogP contribution in [0, 0.1) is 11.8 Å². The quantitative estimate of drug-likeness (QED) is 0.583. The van der Waals surface area contributed by atoms with E-state index in [9.17, 15) is 15.0 Å². The number of carbonyl (C=O) groups is 1. The first-order chi connectivity index (χ1) is 13.9. The van der Waals surface area contributed by atoms with Crippen LogP contribution in [0.25, 0.3) is 0 Å². The molecule has 4 rings (SSSR count). The van der Waals surface area contributed by atoms with Crippen LogP contribution in [0.5, 0.6) is 5.75 Å². The van der Waals surface area contributed by atoms with Crippen molar-refractivity contribution >= 4 is 17.4 Å². The standard InChI is InChI=1S/C22H28N2O5/c1-4-13-11-24-9-8-22(27)19-16(6-5-7-18(19)29-3)23-20(22)17(24)10-14(13)15(12-28-2)21(25)26/h5-7,12-14,17,27H,4,8-11H2,1-3H3,(H,25,26)/b15-12-/t13-,14+,17+,22+/m1/s1. The minimum absolute atomic E-state index is 0.113. The Morgan fingerprint density at radius 1 is 1.41 bits per heavy atom. The van der Waals surface area contributed by atoms with Gasteiger partial charge < -0.3 is 19.7 Å². The number of aliphatic hydroxyl groups is 1. The van der Waals surface area contributed by atoms with E-state index in [0.29, 0.717) is 29.9 Å². The van der Waals surface area contributed by atoms with Crippen molar-refractivity contribution < 1.29 is 24.5 Å². The number of aliphatic carboxylic acids is 1. The van der Waals surface area contributed by atoms with E-state index in [2.05, 4.69) is 11.8 Å². The molecular weight excluding hydrogens is 372 g/mol. The summed E-state index contributed by atoms with van der Waals surface area (Å²) in [6, 6.07) is 5.51. The molecule has 3 aliphatic rings. The van der Waals surface area contributed by atoms with Gasteiger partial charge in [-0.2, -0.15) is 0 Å². The minimum Gasteiger partial charge on any atom is -0.504 e. The molecule has 3 aliphatic heterocycles. The Morgan fingerprint density at radius 3 is 2.86 bits per heavy atom. The number of fused-ring (bicyclic) bond motifs is 5. The lowest BCUT2D eigenvalue weighted by Gasteiger charge is -2.50. The van der Waals surface area contributed by atoms with Gasteiger partial charge in [0, 0.05) is 13.1 Å². The Hall–Kier alpha value is -2.38. The van der Waals surface area contributed by atoms with Crippen LogP contribution in [0.3, 0.4) is 0 Å². The first kappa shape index (κ1) is 19.9. The molecule has 0 saturated carbocycles.